The Hall–Kier alpha value is -10.00. The smallest absolute Gasteiger partial charge is 0.409 e. The number of fused-ring (bicyclic) bond motifs is 6. The summed E-state index contributed by atoms with van der Waals surface area (Å²) in [7, 11) is 7.82. The Morgan fingerprint density at radius 1 is 0.802 bits per heavy atom. The number of alkyl carbamates (subject to hydrolysis) is 2. The molecule has 9 rings (SSSR count). The van der Waals surface area contributed by atoms with Gasteiger partial charge in [-0.15, -0.1) is 0 Å². The molecule has 1 aromatic heterocycles. The van der Waals surface area contributed by atoms with Gasteiger partial charge in [0.25, 0.3) is 0 Å². The van der Waals surface area contributed by atoms with Crippen molar-refractivity contribution in [2.24, 2.45) is 5.92 Å². The number of rotatable bonds is 31. The first-order chi connectivity index (χ1) is 62.2. The summed E-state index contributed by atoms with van der Waals surface area (Å²) in [5.41, 5.74) is 0.408. The number of H-pyrrole nitrogens is 1. The number of aliphatic hydroxyl groups excluding tert-OH is 3. The molecule has 39 heteroatoms. The lowest BCUT2D eigenvalue weighted by Gasteiger charge is -2.42. The molecule has 131 heavy (non-hydrogen) atoms. The van der Waals surface area contributed by atoms with Crippen molar-refractivity contribution in [3.05, 3.63) is 154 Å². The maximum Gasteiger partial charge on any atom is 0.409 e. The zero-order valence-corrected chi connectivity index (χ0v) is 79.4. The molecule has 35 nitrogen and oxygen atoms in total. The molecule has 4 aromatic carbocycles. The Bertz CT molecular complexity index is 4840. The second-order valence-electron chi connectivity index (χ2n) is 34.6. The maximum atomic E-state index is 15.4. The molecule has 5 aromatic rings. The highest BCUT2D eigenvalue weighted by molar-refractivity contribution is 8.76. The van der Waals surface area contributed by atoms with Gasteiger partial charge in [-0.05, 0) is 147 Å². The molecule has 18 atom stereocenters. The van der Waals surface area contributed by atoms with E-state index in [2.05, 4.69) is 58.2 Å². The van der Waals surface area contributed by atoms with E-state index in [0.717, 1.165) is 38.3 Å². The molecule has 4 aliphatic heterocycles. The number of anilines is 1. The number of aromatic amines is 1. The number of para-hydroxylation sites is 1. The molecule has 15 N–H and O–H groups in total. The first kappa shape index (κ1) is 105. The molecule has 716 valence electrons. The number of amides is 11. The van der Waals surface area contributed by atoms with Crippen molar-refractivity contribution in [2.45, 2.75) is 241 Å². The van der Waals surface area contributed by atoms with Crippen LogP contribution in [0.5, 0.6) is 5.75 Å². The number of esters is 1. The van der Waals surface area contributed by atoms with Crippen molar-refractivity contribution in [1.82, 2.24) is 63.1 Å². The summed E-state index contributed by atoms with van der Waals surface area (Å²) >= 11 is 8.36. The topological polar surface area (TPSA) is 487 Å². The van der Waals surface area contributed by atoms with E-state index in [9.17, 15) is 58.8 Å². The lowest BCUT2D eigenvalue weighted by molar-refractivity contribution is -0.162. The predicted molar refractivity (Wildman–Crippen MR) is 499 cm³/mol. The van der Waals surface area contributed by atoms with E-state index in [1.807, 2.05) is 49.4 Å². The number of allylic oxidation sites excluding steroid dienone is 3. The molecular weight excluding hydrogens is 1770 g/mol. The molecular formula is C92H126ClN13O22S3. The van der Waals surface area contributed by atoms with E-state index >= 15 is 19.2 Å². The lowest BCUT2D eigenvalue weighted by Crippen LogP contribution is -2.63. The number of nitrogens with one attached hydrogen (secondary N) is 11. The van der Waals surface area contributed by atoms with Crippen molar-refractivity contribution in [3.63, 3.8) is 0 Å². The van der Waals surface area contributed by atoms with Gasteiger partial charge in [-0.3, -0.25) is 48.5 Å². The van der Waals surface area contributed by atoms with E-state index in [0.29, 0.717) is 57.8 Å². The zero-order chi connectivity index (χ0) is 95.6. The average Bonchev–Trinajstić information content (AvgIpc) is 1.57. The summed E-state index contributed by atoms with van der Waals surface area (Å²) in [5.74, 6) is -8.06. The molecule has 0 spiro atoms. The summed E-state index contributed by atoms with van der Waals surface area (Å²) in [5, 5.41) is 72.7. The van der Waals surface area contributed by atoms with Crippen molar-refractivity contribution in [1.29, 1.82) is 0 Å². The summed E-state index contributed by atoms with van der Waals surface area (Å²) in [4.78, 5) is 180. The normalized spacial score (nSPS) is 25.8. The number of halogens is 1. The fraction of sp³-hybridized carbons (Fsp3) is 0.543. The van der Waals surface area contributed by atoms with Crippen molar-refractivity contribution < 1.29 is 106 Å². The van der Waals surface area contributed by atoms with Gasteiger partial charge in [0.15, 0.2) is 5.72 Å². The van der Waals surface area contributed by atoms with Gasteiger partial charge in [0.1, 0.15) is 82.6 Å². The molecule has 11 amide bonds. The number of hydrogen-bond acceptors (Lipinski definition) is 26. The predicted octanol–water partition coefficient (Wildman–Crippen LogP) is 5.43. The number of aliphatic hydroxyl groups is 4. The SMILES string of the molecule is COc1cc2cc(c1Cl)N(C)C(=O)C[C@H](OC(=O)[C@H](C)N(C)C(=O)CCSCCCN[C@H](Cc1ccccc1)C(=O)N[C@H]1CSSC[C@@H](C(=O)N[C@H](CO)[C@@H](C)O)NC(=O)[C@H]([C@@H](C)O)NC(=O)[C@H](CCCCNC(=O)OC(C)(C)C)NC(=O)[C@@H](Cc3c[nH]c4ccccc34)NC(=O)[C@H](Cc3ccccc3)NC1=O)[C@]1(C)O[C@H]1[C@H](C)[C@@H]1C[C@@](O)(NC(=O)O1)[C@H](OC)/C=C/C=C(\C)C2. The molecule has 3 saturated heterocycles. The quantitative estimate of drug-likeness (QED) is 0.00864. The Balaban J connectivity index is 0.920. The van der Waals surface area contributed by atoms with Crippen LogP contribution in [0.3, 0.4) is 0 Å². The minimum absolute atomic E-state index is 0.0218. The maximum absolute atomic E-state index is 15.4. The van der Waals surface area contributed by atoms with Crippen LogP contribution in [0.4, 0.5) is 15.3 Å². The van der Waals surface area contributed by atoms with E-state index in [-0.39, 0.29) is 81.0 Å². The number of likely N-dealkylation sites (N-methyl/N-ethyl adjacent to an activating group) is 1. The minimum Gasteiger partial charge on any atom is -0.495 e. The highest BCUT2D eigenvalue weighted by Crippen LogP contribution is 2.49. The summed E-state index contributed by atoms with van der Waals surface area (Å²) < 4.78 is 35.2. The molecule has 4 aliphatic rings. The van der Waals surface area contributed by atoms with Gasteiger partial charge < -0.3 is 111 Å². The van der Waals surface area contributed by atoms with Crippen LogP contribution in [0, 0.1) is 5.92 Å². The van der Waals surface area contributed by atoms with Gasteiger partial charge in [0.05, 0.1) is 56.2 Å². The third-order valence-corrected chi connectivity index (χ3v) is 27.2. The Morgan fingerprint density at radius 3 is 2.13 bits per heavy atom. The number of aromatic nitrogens is 1. The van der Waals surface area contributed by atoms with Crippen LogP contribution in [0.1, 0.15) is 130 Å². The van der Waals surface area contributed by atoms with Crippen LogP contribution in [0.15, 0.2) is 127 Å². The summed E-state index contributed by atoms with van der Waals surface area (Å²) in [6, 6.07) is 15.9. The summed E-state index contributed by atoms with van der Waals surface area (Å²) in [6.45, 7) is 14.1. The van der Waals surface area contributed by atoms with Crippen LogP contribution in [0.2, 0.25) is 5.02 Å². The first-order valence-electron chi connectivity index (χ1n) is 43.8. The number of nitrogens with zero attached hydrogens (tertiary/aromatic N) is 2. The molecule has 3 fully saturated rings. The Kier molecular flexibility index (Phi) is 39.3. The second-order valence-corrected chi connectivity index (χ2v) is 38.8. The largest absolute Gasteiger partial charge is 0.495 e. The highest BCUT2D eigenvalue weighted by atomic mass is 35.5. The van der Waals surface area contributed by atoms with Gasteiger partial charge in [0.2, 0.25) is 53.2 Å². The van der Waals surface area contributed by atoms with Gasteiger partial charge in [-0.25, -0.2) is 14.4 Å². The number of carbonyl (C=O) groups is 12. The van der Waals surface area contributed by atoms with Crippen LogP contribution in [-0.4, -0.2) is 281 Å². The Morgan fingerprint density at radius 2 is 1.46 bits per heavy atom. The number of benzene rings is 4. The number of thioether (sulfide) groups is 1. The van der Waals surface area contributed by atoms with E-state index in [4.69, 9.17) is 40.0 Å². The zero-order valence-electron chi connectivity index (χ0n) is 76.1. The number of carbonyl (C=O) groups excluding carboxylic acids is 12. The van der Waals surface area contributed by atoms with Crippen LogP contribution >= 0.6 is 45.0 Å². The molecule has 0 radical (unpaired) electrons. The third-order valence-electron chi connectivity index (χ3n) is 23.3. The van der Waals surface area contributed by atoms with Gasteiger partial charge in [-0.1, -0.05) is 143 Å². The third kappa shape index (κ3) is 30.3. The van der Waals surface area contributed by atoms with Crippen LogP contribution < -0.4 is 62.8 Å². The molecule has 0 unspecified atom stereocenters. The molecule has 0 saturated carbocycles. The number of methoxy groups -OCH3 is 2. The minimum atomic E-state index is -1.93. The fourth-order valence-electron chi connectivity index (χ4n) is 15.5. The Labute approximate surface area is 780 Å². The first-order valence-corrected chi connectivity index (χ1v) is 47.9. The fourth-order valence-corrected chi connectivity index (χ4v) is 19.0. The standard InChI is InChI=1S/C92H126ClN13O22S3/c1-52-26-24-34-73(124-13)92(122)47-72(125-89(121)104-92)53(2)79-91(9,127-79)74(46-76(111)106(11)70-43-59(40-52)44-71(123-12)77(70)93)126-87(119)54(3)105(10)75(110)35-39-129-38-25-37-94-64(41-57-27-16-14-17-28-57)81(113)101-68-50-130-131-51-69(85(117)100-67(49-107)55(4)108)102-86(118)78(56(5)109)103-80(112)63(33-22-23-36-95-88(120)128-90(6,7)8)97-83(115)66(45-60-48-96-62-32-21-20-31-61(60)62)99-82(114)65(98-84(68)116)42-58-29-18-15-19-30-58/h14-21,24,26-32,34,43-44,48,53-56,63-69,72-74,78-79,94,96,107-109,122H,22-23,25,33,35-42,45-47,49-51H2,1-13H3,(H,95,120)(H,97,115)(H,98,116)(H,99,114)(H,100,117)(H,101,113)(H,102,118)(H,103,112)(H,104,121)/b34-24+,52-26+/t53-,54+,55-,56-,63+,64-,65+,66-,67-,68+,69+,72+,73-,74+,78+,79+,91+,92+/m1/s1. The van der Waals surface area contributed by atoms with Crippen molar-refractivity contribution in [3.8, 4) is 5.75 Å². The number of epoxide rings is 1. The monoisotopic (exact) mass is 1900 g/mol. The van der Waals surface area contributed by atoms with E-state index in [1.54, 1.807) is 114 Å². The number of unbranched alkanes of at least 4 members (excludes halogenated alkanes) is 1. The lowest BCUT2D eigenvalue weighted by atomic mass is 9.83. The van der Waals surface area contributed by atoms with Gasteiger partial charge >= 0.3 is 18.2 Å². The molecule has 4 bridgehead atoms. The number of hydrogen-bond donors (Lipinski definition) is 15. The van der Waals surface area contributed by atoms with Crippen LogP contribution in [-0.2, 0) is 97.3 Å². The van der Waals surface area contributed by atoms with E-state index in [1.165, 1.54) is 70.6 Å². The van der Waals surface area contributed by atoms with Crippen LogP contribution in [0.25, 0.3) is 10.9 Å². The molecule has 0 aliphatic carbocycles. The van der Waals surface area contributed by atoms with Gasteiger partial charge in [0, 0.05) is 93.7 Å². The average molecular weight is 1900 g/mol. The van der Waals surface area contributed by atoms with Crippen molar-refractivity contribution >= 4 is 133 Å². The second kappa shape index (κ2) is 49.1. The van der Waals surface area contributed by atoms with E-state index < -0.39 is 198 Å². The molecule has 5 heterocycles. The highest BCUT2D eigenvalue weighted by Gasteiger charge is 2.65. The number of ether oxygens (including phenoxy) is 6. The van der Waals surface area contributed by atoms with Crippen molar-refractivity contribution in [2.75, 3.05) is 75.9 Å². The van der Waals surface area contributed by atoms with Gasteiger partial charge in [-0.2, -0.15) is 11.8 Å². The summed E-state index contributed by atoms with van der Waals surface area (Å²) in [6.07, 6.45) is -1.48.